The highest BCUT2D eigenvalue weighted by Gasteiger charge is 2.19. The average molecular weight is 550 g/mol. The molecule has 0 aliphatic heterocycles. The number of aromatic nitrogens is 2. The van der Waals surface area contributed by atoms with E-state index < -0.39 is 0 Å². The number of para-hydroxylation sites is 1. The molecule has 4 rings (SSSR count). The van der Waals surface area contributed by atoms with Crippen molar-refractivity contribution >= 4 is 33.0 Å². The van der Waals surface area contributed by atoms with Crippen molar-refractivity contribution in [2.45, 2.75) is 26.7 Å². The zero-order valence-corrected chi connectivity index (χ0v) is 22.7. The SMILES string of the molecule is COc1cc(C)c(-c2nc3ccccc3c(=O)n2N=Cc2cc(Br)cc(OC)c2OC)cc1C(C)C. The summed E-state index contributed by atoms with van der Waals surface area (Å²) in [6, 6.07) is 14.9. The second kappa shape index (κ2) is 10.5. The summed E-state index contributed by atoms with van der Waals surface area (Å²) in [7, 11) is 4.79. The van der Waals surface area contributed by atoms with Crippen molar-refractivity contribution < 1.29 is 14.2 Å². The number of methoxy groups -OCH3 is 3. The van der Waals surface area contributed by atoms with Crippen LogP contribution in [0.2, 0.25) is 0 Å². The Morgan fingerprint density at radius 2 is 1.72 bits per heavy atom. The maximum Gasteiger partial charge on any atom is 0.282 e. The number of aryl methyl sites for hydroxylation is 1. The van der Waals surface area contributed by atoms with E-state index in [1.807, 2.05) is 43.3 Å². The van der Waals surface area contributed by atoms with Crippen molar-refractivity contribution in [1.29, 1.82) is 0 Å². The molecular formula is C28H28BrN3O4. The van der Waals surface area contributed by atoms with Gasteiger partial charge in [-0.25, -0.2) is 4.98 Å². The number of halogens is 1. The zero-order chi connectivity index (χ0) is 26.0. The first-order chi connectivity index (χ1) is 17.3. The van der Waals surface area contributed by atoms with Crippen molar-refractivity contribution in [3.63, 3.8) is 0 Å². The standard InChI is InChI=1S/C28H28BrN3O4/c1-16(2)21-14-22(17(3)11-24(21)34-4)27-31-23-10-8-7-9-20(23)28(33)32(27)30-15-18-12-19(29)13-25(35-5)26(18)36-6/h7-16H,1-6H3. The molecule has 0 spiro atoms. The van der Waals surface area contributed by atoms with Gasteiger partial charge in [0.25, 0.3) is 5.56 Å². The van der Waals surface area contributed by atoms with Crippen LogP contribution in [0.15, 0.2) is 62.9 Å². The molecule has 0 aliphatic rings. The molecule has 0 N–H and O–H groups in total. The number of rotatable bonds is 7. The Kier molecular flexibility index (Phi) is 7.45. The molecule has 0 atom stereocenters. The highest BCUT2D eigenvalue weighted by Crippen LogP contribution is 2.35. The van der Waals surface area contributed by atoms with E-state index in [-0.39, 0.29) is 11.5 Å². The van der Waals surface area contributed by atoms with Gasteiger partial charge in [0.2, 0.25) is 0 Å². The molecule has 4 aromatic rings. The minimum absolute atomic E-state index is 0.210. The third-order valence-corrected chi connectivity index (χ3v) is 6.44. The Labute approximate surface area is 218 Å². The monoisotopic (exact) mass is 549 g/mol. The molecule has 0 amide bonds. The van der Waals surface area contributed by atoms with E-state index in [0.717, 1.165) is 26.9 Å². The Morgan fingerprint density at radius 3 is 2.39 bits per heavy atom. The second-order valence-electron chi connectivity index (χ2n) is 8.61. The van der Waals surface area contributed by atoms with Gasteiger partial charge in [-0.15, -0.1) is 0 Å². The predicted octanol–water partition coefficient (Wildman–Crippen LogP) is 6.17. The predicted molar refractivity (Wildman–Crippen MR) is 147 cm³/mol. The molecular weight excluding hydrogens is 522 g/mol. The van der Waals surface area contributed by atoms with Gasteiger partial charge in [-0.05, 0) is 60.4 Å². The maximum atomic E-state index is 13.7. The Morgan fingerprint density at radius 1 is 1.00 bits per heavy atom. The summed E-state index contributed by atoms with van der Waals surface area (Å²) >= 11 is 3.50. The summed E-state index contributed by atoms with van der Waals surface area (Å²) < 4.78 is 18.8. The van der Waals surface area contributed by atoms with Gasteiger partial charge in [0.15, 0.2) is 17.3 Å². The van der Waals surface area contributed by atoms with Crippen molar-refractivity contribution in [2.75, 3.05) is 21.3 Å². The van der Waals surface area contributed by atoms with Crippen LogP contribution in [0.4, 0.5) is 0 Å². The molecule has 1 heterocycles. The van der Waals surface area contributed by atoms with Crippen LogP contribution in [0.25, 0.3) is 22.3 Å². The molecule has 0 radical (unpaired) electrons. The first kappa shape index (κ1) is 25.4. The highest BCUT2D eigenvalue weighted by molar-refractivity contribution is 9.10. The lowest BCUT2D eigenvalue weighted by molar-refractivity contribution is 0.354. The van der Waals surface area contributed by atoms with Gasteiger partial charge in [0.05, 0.1) is 38.4 Å². The summed E-state index contributed by atoms with van der Waals surface area (Å²) in [4.78, 5) is 18.5. The number of hydrogen-bond donors (Lipinski definition) is 0. The molecule has 0 unspecified atom stereocenters. The van der Waals surface area contributed by atoms with Crippen LogP contribution < -0.4 is 19.8 Å². The first-order valence-corrected chi connectivity index (χ1v) is 12.2. The normalized spacial score (nSPS) is 11.4. The molecule has 7 nitrogen and oxygen atoms in total. The van der Waals surface area contributed by atoms with E-state index >= 15 is 0 Å². The van der Waals surface area contributed by atoms with E-state index in [9.17, 15) is 4.79 Å². The van der Waals surface area contributed by atoms with Crippen LogP contribution in [0.1, 0.15) is 36.5 Å². The van der Waals surface area contributed by atoms with Gasteiger partial charge in [-0.2, -0.15) is 9.78 Å². The summed E-state index contributed by atoms with van der Waals surface area (Å²) in [6.45, 7) is 6.17. The van der Waals surface area contributed by atoms with Gasteiger partial charge in [0, 0.05) is 15.6 Å². The number of benzene rings is 3. The zero-order valence-electron chi connectivity index (χ0n) is 21.1. The van der Waals surface area contributed by atoms with Crippen LogP contribution in [-0.4, -0.2) is 37.2 Å². The fourth-order valence-electron chi connectivity index (χ4n) is 4.15. The van der Waals surface area contributed by atoms with Gasteiger partial charge in [0.1, 0.15) is 5.75 Å². The van der Waals surface area contributed by atoms with Crippen molar-refractivity contribution in [3.8, 4) is 28.6 Å². The molecule has 186 valence electrons. The second-order valence-corrected chi connectivity index (χ2v) is 9.52. The van der Waals surface area contributed by atoms with Crippen LogP contribution in [0, 0.1) is 6.92 Å². The summed E-state index contributed by atoms with van der Waals surface area (Å²) in [5, 5.41) is 5.09. The summed E-state index contributed by atoms with van der Waals surface area (Å²) in [6.07, 6.45) is 1.58. The van der Waals surface area contributed by atoms with Crippen LogP contribution >= 0.6 is 15.9 Å². The Bertz CT molecular complexity index is 1530. The molecule has 0 saturated heterocycles. The average Bonchev–Trinajstić information content (AvgIpc) is 2.87. The van der Waals surface area contributed by atoms with Crippen molar-refractivity contribution in [1.82, 2.24) is 9.66 Å². The molecule has 36 heavy (non-hydrogen) atoms. The third kappa shape index (κ3) is 4.73. The highest BCUT2D eigenvalue weighted by atomic mass is 79.9. The van der Waals surface area contributed by atoms with E-state index in [4.69, 9.17) is 19.2 Å². The number of hydrogen-bond acceptors (Lipinski definition) is 6. The fraction of sp³-hybridized carbons (Fsp3) is 0.250. The van der Waals surface area contributed by atoms with Crippen molar-refractivity contribution in [2.24, 2.45) is 5.10 Å². The van der Waals surface area contributed by atoms with Gasteiger partial charge in [-0.1, -0.05) is 41.9 Å². The molecule has 0 bridgehead atoms. The Balaban J connectivity index is 2.01. The molecule has 3 aromatic carbocycles. The summed E-state index contributed by atoms with van der Waals surface area (Å²) in [5.74, 6) is 2.51. The lowest BCUT2D eigenvalue weighted by Crippen LogP contribution is -2.21. The van der Waals surface area contributed by atoms with Gasteiger partial charge < -0.3 is 14.2 Å². The Hall–Kier alpha value is -3.65. The molecule has 0 saturated carbocycles. The minimum atomic E-state index is -0.269. The minimum Gasteiger partial charge on any atom is -0.496 e. The number of fused-ring (bicyclic) bond motifs is 1. The lowest BCUT2D eigenvalue weighted by atomic mass is 9.96. The molecule has 0 fully saturated rings. The quantitative estimate of drug-likeness (QED) is 0.258. The van der Waals surface area contributed by atoms with E-state index in [2.05, 4.69) is 34.9 Å². The smallest absolute Gasteiger partial charge is 0.282 e. The van der Waals surface area contributed by atoms with Crippen LogP contribution in [-0.2, 0) is 0 Å². The van der Waals surface area contributed by atoms with E-state index in [0.29, 0.717) is 33.8 Å². The molecule has 8 heteroatoms. The fourth-order valence-corrected chi connectivity index (χ4v) is 4.60. The van der Waals surface area contributed by atoms with E-state index in [1.165, 1.54) is 4.68 Å². The molecule has 0 aliphatic carbocycles. The topological polar surface area (TPSA) is 74.9 Å². The maximum absolute atomic E-state index is 13.7. The van der Waals surface area contributed by atoms with Crippen LogP contribution in [0.5, 0.6) is 17.2 Å². The van der Waals surface area contributed by atoms with E-state index in [1.54, 1.807) is 39.7 Å². The lowest BCUT2D eigenvalue weighted by Gasteiger charge is -2.17. The third-order valence-electron chi connectivity index (χ3n) is 5.98. The number of ether oxygens (including phenoxy) is 3. The van der Waals surface area contributed by atoms with Gasteiger partial charge >= 0.3 is 0 Å². The largest absolute Gasteiger partial charge is 0.496 e. The first-order valence-electron chi connectivity index (χ1n) is 11.5. The molecule has 1 aromatic heterocycles. The van der Waals surface area contributed by atoms with Crippen LogP contribution in [0.3, 0.4) is 0 Å². The van der Waals surface area contributed by atoms with Crippen molar-refractivity contribution in [3.05, 3.63) is 80.0 Å². The van der Waals surface area contributed by atoms with Gasteiger partial charge in [-0.3, -0.25) is 4.79 Å². The summed E-state index contributed by atoms with van der Waals surface area (Å²) in [5.41, 5.74) is 3.72. The number of nitrogens with zero attached hydrogens (tertiary/aromatic N) is 3.